The molecule has 4 N–H and O–H groups in total. The van der Waals surface area contributed by atoms with Crippen molar-refractivity contribution >= 4 is 29.1 Å². The van der Waals surface area contributed by atoms with Gasteiger partial charge < -0.3 is 63.1 Å². The first kappa shape index (κ1) is 48.7. The molecular formula is C49H58O18. The molecule has 6 aliphatic rings. The Kier molecular flexibility index (Phi) is 14.3. The first-order valence-electron chi connectivity index (χ1n) is 22.8. The van der Waals surface area contributed by atoms with Gasteiger partial charge in [-0.25, -0.2) is 0 Å². The molecule has 0 bridgehead atoms. The second-order valence-corrected chi connectivity index (χ2v) is 18.5. The Morgan fingerprint density at radius 3 is 1.76 bits per heavy atom. The molecular weight excluding hydrogens is 877 g/mol. The fraction of sp³-hybridized carbons (Fsp3) is 0.571. The van der Waals surface area contributed by atoms with E-state index in [0.717, 1.165) is 0 Å². The Morgan fingerprint density at radius 2 is 1.22 bits per heavy atom. The van der Waals surface area contributed by atoms with Crippen LogP contribution in [-0.2, 0) is 63.4 Å². The van der Waals surface area contributed by atoms with E-state index in [2.05, 4.69) is 0 Å². The minimum Gasteiger partial charge on any atom is -0.507 e. The number of hydrogen-bond donors (Lipinski definition) is 4. The Balaban J connectivity index is 0.909. The van der Waals surface area contributed by atoms with Gasteiger partial charge in [0.2, 0.25) is 0 Å². The van der Waals surface area contributed by atoms with Gasteiger partial charge in [0.25, 0.3) is 0 Å². The first-order valence-corrected chi connectivity index (χ1v) is 22.8. The summed E-state index contributed by atoms with van der Waals surface area (Å²) in [6, 6.07) is 5.60. The molecule has 18 heteroatoms. The summed E-state index contributed by atoms with van der Waals surface area (Å²) in [4.78, 5) is 64.0. The summed E-state index contributed by atoms with van der Waals surface area (Å²) < 4.78 is 54.4. The third-order valence-electron chi connectivity index (χ3n) is 13.3. The van der Waals surface area contributed by atoms with Crippen molar-refractivity contribution in [1.29, 1.82) is 0 Å². The number of aliphatic carboxylic acids is 1. The Morgan fingerprint density at radius 1 is 0.687 bits per heavy atom. The number of carboxylic acid groups (broad SMARTS) is 1. The van der Waals surface area contributed by atoms with Gasteiger partial charge in [-0.1, -0.05) is 12.1 Å². The van der Waals surface area contributed by atoms with E-state index in [0.29, 0.717) is 25.7 Å². The zero-order chi connectivity index (χ0) is 48.1. The van der Waals surface area contributed by atoms with Crippen LogP contribution in [0.4, 0.5) is 0 Å². The first-order chi connectivity index (χ1) is 31.8. The Hall–Kier alpha value is -4.73. The average Bonchev–Trinajstić information content (AvgIpc) is 3.26. The molecule has 3 fully saturated rings. The number of rotatable bonds is 13. The predicted molar refractivity (Wildman–Crippen MR) is 231 cm³/mol. The van der Waals surface area contributed by atoms with E-state index in [-0.39, 0.29) is 63.9 Å². The van der Waals surface area contributed by atoms with E-state index >= 15 is 0 Å². The number of carbonyl (C=O) groups excluding carboxylic acids is 4. The van der Waals surface area contributed by atoms with Gasteiger partial charge in [0, 0.05) is 42.4 Å². The van der Waals surface area contributed by atoms with E-state index < -0.39 is 121 Å². The molecule has 5 aliphatic heterocycles. The van der Waals surface area contributed by atoms with Gasteiger partial charge in [-0.2, -0.15) is 0 Å². The van der Waals surface area contributed by atoms with Gasteiger partial charge >= 0.3 is 5.97 Å². The molecule has 8 rings (SSSR count). The minimum atomic E-state index is -1.45. The van der Waals surface area contributed by atoms with E-state index in [9.17, 15) is 44.4 Å². The van der Waals surface area contributed by atoms with Crippen molar-refractivity contribution in [2.24, 2.45) is 0 Å². The van der Waals surface area contributed by atoms with Gasteiger partial charge in [-0.3, -0.25) is 24.0 Å². The monoisotopic (exact) mass is 934 g/mol. The van der Waals surface area contributed by atoms with Gasteiger partial charge in [0.1, 0.15) is 29.8 Å². The van der Waals surface area contributed by atoms with Crippen LogP contribution in [0, 0.1) is 0 Å². The van der Waals surface area contributed by atoms with Crippen LogP contribution in [0.5, 0.6) is 11.5 Å². The van der Waals surface area contributed by atoms with Crippen LogP contribution < -0.4 is 0 Å². The van der Waals surface area contributed by atoms with Crippen LogP contribution in [0.3, 0.4) is 0 Å². The largest absolute Gasteiger partial charge is 0.507 e. The summed E-state index contributed by atoms with van der Waals surface area (Å²) >= 11 is 0. The lowest BCUT2D eigenvalue weighted by Crippen LogP contribution is -2.50. The molecule has 3 saturated heterocycles. The van der Waals surface area contributed by atoms with Crippen molar-refractivity contribution < 1.29 is 87.0 Å². The van der Waals surface area contributed by atoms with Crippen molar-refractivity contribution in [3.8, 4) is 11.5 Å². The molecule has 2 aromatic carbocycles. The SMILES string of the molecule is C[C@@H]1O[C@@H](O[C@H]2CC[C@H](O[C@H]3[C@H](O)C[C@H](c4ccc5c(c4O)C(=O)c4ccc(C[C@](C)(CC(=O)O)O[C@H]6CC[C@H](O[C@H]7C=CC(=O)[C@H](C)O7)[C@H](C)O6)c(O)c4C5=O)O[C@@H]3C)O[C@H]2C)C=CC1=O. The zero-order valence-corrected chi connectivity index (χ0v) is 38.2. The number of ether oxygens (including phenoxy) is 9. The molecule has 18 nitrogen and oxygen atoms in total. The molecule has 15 atom stereocenters. The molecule has 362 valence electrons. The van der Waals surface area contributed by atoms with E-state index in [1.54, 1.807) is 40.7 Å². The van der Waals surface area contributed by atoms with Crippen LogP contribution in [0.1, 0.15) is 129 Å². The Labute approximate surface area is 387 Å². The normalized spacial score (nSPS) is 35.2. The van der Waals surface area contributed by atoms with Crippen molar-refractivity contribution in [2.75, 3.05) is 0 Å². The number of aromatic hydroxyl groups is 2. The zero-order valence-electron chi connectivity index (χ0n) is 38.2. The van der Waals surface area contributed by atoms with Crippen molar-refractivity contribution in [3.05, 3.63) is 82.0 Å². The summed E-state index contributed by atoms with van der Waals surface area (Å²) in [5.74, 6) is -3.95. The number of phenols is 2. The summed E-state index contributed by atoms with van der Waals surface area (Å²) in [7, 11) is 0. The maximum absolute atomic E-state index is 14.1. The van der Waals surface area contributed by atoms with E-state index in [4.69, 9.17) is 42.6 Å². The smallest absolute Gasteiger partial charge is 0.306 e. The number of carbonyl (C=O) groups is 5. The number of benzene rings is 2. The number of ketones is 4. The quantitative estimate of drug-likeness (QED) is 0.179. The summed E-state index contributed by atoms with van der Waals surface area (Å²) in [5.41, 5.74) is -2.01. The van der Waals surface area contributed by atoms with Crippen molar-refractivity contribution in [2.45, 2.75) is 178 Å². The molecule has 0 spiro atoms. The number of hydrogen-bond acceptors (Lipinski definition) is 17. The topological polar surface area (TPSA) is 249 Å². The number of phenolic OH excluding ortho intramolecular Hbond substituents is 2. The summed E-state index contributed by atoms with van der Waals surface area (Å²) in [6.45, 7) is 10.2. The molecule has 0 radical (unpaired) electrons. The van der Waals surface area contributed by atoms with Crippen LogP contribution in [-0.4, -0.2) is 135 Å². The standard InChI is InChI=1S/C49H58O18/c1-22-31(50)11-15-38(60-22)64-34-13-17-40(62-24(34)3)66-48-26(5)59-36(19-33(48)52)28-9-10-30-43(45(28)56)47(58)29-8-7-27(44(55)42(29)46(30)57)20-49(6,21-37(53)54)67-41-18-14-35(25(4)63-41)65-39-16-12-32(51)23(2)61-39/h7-12,15-16,22-26,33-36,38-41,48,52,55-56H,13-14,17-21H2,1-6H3,(H,53,54)/t22-,23-,24-,25-,26+,33+,34-,35-,36+,38-,39-,40-,41-,48+,49+/m0/s1. The molecule has 0 amide bonds. The van der Waals surface area contributed by atoms with Crippen LogP contribution >= 0.6 is 0 Å². The molecule has 5 heterocycles. The second-order valence-electron chi connectivity index (χ2n) is 18.5. The van der Waals surface area contributed by atoms with Gasteiger partial charge in [-0.15, -0.1) is 0 Å². The maximum Gasteiger partial charge on any atom is 0.306 e. The third kappa shape index (κ3) is 10.3. The molecule has 0 aromatic heterocycles. The van der Waals surface area contributed by atoms with Gasteiger partial charge in [0.05, 0.1) is 65.9 Å². The molecule has 0 unspecified atom stereocenters. The predicted octanol–water partition coefficient (Wildman–Crippen LogP) is 4.82. The molecule has 0 saturated carbocycles. The lowest BCUT2D eigenvalue weighted by molar-refractivity contribution is -0.292. The number of aliphatic hydroxyl groups is 1. The van der Waals surface area contributed by atoms with Crippen molar-refractivity contribution in [1.82, 2.24) is 0 Å². The average molecular weight is 935 g/mol. The van der Waals surface area contributed by atoms with Gasteiger partial charge in [-0.05, 0) is 96.4 Å². The lowest BCUT2D eigenvalue weighted by Gasteiger charge is -2.42. The minimum absolute atomic E-state index is 0.0215. The Bertz CT molecular complexity index is 2310. The fourth-order valence-electron chi connectivity index (χ4n) is 9.72. The molecule has 67 heavy (non-hydrogen) atoms. The lowest BCUT2D eigenvalue weighted by atomic mass is 9.79. The summed E-state index contributed by atoms with van der Waals surface area (Å²) in [5, 5.41) is 44.6. The van der Waals surface area contributed by atoms with Crippen molar-refractivity contribution in [3.63, 3.8) is 0 Å². The number of aliphatic hydroxyl groups excluding tert-OH is 1. The highest BCUT2D eigenvalue weighted by Gasteiger charge is 2.44. The maximum atomic E-state index is 14.1. The van der Waals surface area contributed by atoms with E-state index in [1.165, 1.54) is 42.5 Å². The highest BCUT2D eigenvalue weighted by Crippen LogP contribution is 2.45. The molecule has 2 aromatic rings. The van der Waals surface area contributed by atoms with E-state index in [1.807, 2.05) is 6.92 Å². The number of carboxylic acids is 1. The highest BCUT2D eigenvalue weighted by atomic mass is 16.7. The van der Waals surface area contributed by atoms with Gasteiger partial charge in [0.15, 0.2) is 48.3 Å². The van der Waals surface area contributed by atoms with Crippen LogP contribution in [0.2, 0.25) is 0 Å². The van der Waals surface area contributed by atoms with Crippen LogP contribution in [0.25, 0.3) is 0 Å². The molecule has 1 aliphatic carbocycles. The second kappa shape index (κ2) is 19.7. The van der Waals surface area contributed by atoms with Crippen LogP contribution in [0.15, 0.2) is 48.6 Å². The number of fused-ring (bicyclic) bond motifs is 2. The highest BCUT2D eigenvalue weighted by molar-refractivity contribution is 6.30. The third-order valence-corrected chi connectivity index (χ3v) is 13.3. The fourth-order valence-corrected chi connectivity index (χ4v) is 9.72. The summed E-state index contributed by atoms with van der Waals surface area (Å²) in [6.07, 6.45) is -2.21.